The summed E-state index contributed by atoms with van der Waals surface area (Å²) in [5, 5.41) is 3.46. The van der Waals surface area contributed by atoms with Gasteiger partial charge >= 0.3 is 0 Å². The quantitative estimate of drug-likeness (QED) is 0.289. The minimum absolute atomic E-state index is 0.325. The van der Waals surface area contributed by atoms with Crippen molar-refractivity contribution in [3.63, 3.8) is 0 Å². The topological polar surface area (TPSA) is 68.9 Å². The van der Waals surface area contributed by atoms with Gasteiger partial charge in [-0.25, -0.2) is 4.99 Å². The van der Waals surface area contributed by atoms with E-state index in [1.165, 1.54) is 6.08 Å². The van der Waals surface area contributed by atoms with Crippen LogP contribution in [0.3, 0.4) is 0 Å². The van der Waals surface area contributed by atoms with Gasteiger partial charge in [0.1, 0.15) is 0 Å². The van der Waals surface area contributed by atoms with Gasteiger partial charge in [0.05, 0.1) is 7.11 Å². The number of nitrogens with one attached hydrogen (secondary N) is 1. The van der Waals surface area contributed by atoms with E-state index in [1.807, 2.05) is 25.1 Å². The molecule has 0 unspecified atom stereocenters. The highest BCUT2D eigenvalue weighted by atomic mass is 16.5. The summed E-state index contributed by atoms with van der Waals surface area (Å²) in [6, 6.07) is 5.84. The zero-order valence-electron chi connectivity index (χ0n) is 17.3. The second-order valence-corrected chi connectivity index (χ2v) is 7.58. The SMILES string of the molecule is C=CC(=N/C=C(\C)C(=C)N)Oc1ccc(CNCCC(C)(C)C)cc1OC. The van der Waals surface area contributed by atoms with Gasteiger partial charge in [0.2, 0.25) is 5.90 Å². The highest BCUT2D eigenvalue weighted by molar-refractivity contribution is 5.89. The number of allylic oxidation sites excluding steroid dienone is 1. The smallest absolute Gasteiger partial charge is 0.218 e. The van der Waals surface area contributed by atoms with Gasteiger partial charge in [-0.2, -0.15) is 0 Å². The molecule has 0 heterocycles. The molecule has 0 spiro atoms. The number of methoxy groups -OCH3 is 1. The molecule has 0 fully saturated rings. The van der Waals surface area contributed by atoms with Crippen LogP contribution in [0, 0.1) is 5.41 Å². The number of ether oxygens (including phenoxy) is 2. The van der Waals surface area contributed by atoms with Crippen LogP contribution in [0.2, 0.25) is 0 Å². The summed E-state index contributed by atoms with van der Waals surface area (Å²) in [5.74, 6) is 1.57. The molecule has 0 saturated carbocycles. The Morgan fingerprint density at radius 2 is 2.00 bits per heavy atom. The second kappa shape index (κ2) is 10.6. The van der Waals surface area contributed by atoms with Crippen LogP contribution in [-0.2, 0) is 6.54 Å². The molecule has 3 N–H and O–H groups in total. The van der Waals surface area contributed by atoms with Crippen molar-refractivity contribution < 1.29 is 9.47 Å². The Kier molecular flexibility index (Phi) is 8.82. The summed E-state index contributed by atoms with van der Waals surface area (Å²) in [5.41, 5.74) is 8.30. The minimum Gasteiger partial charge on any atom is -0.493 e. The van der Waals surface area contributed by atoms with Crippen molar-refractivity contribution in [2.75, 3.05) is 13.7 Å². The molecule has 0 amide bonds. The number of nitrogens with zero attached hydrogens (tertiary/aromatic N) is 1. The Balaban J connectivity index is 2.81. The van der Waals surface area contributed by atoms with Crippen LogP contribution in [0.4, 0.5) is 0 Å². The van der Waals surface area contributed by atoms with Gasteiger partial charge in [-0.15, -0.1) is 0 Å². The Morgan fingerprint density at radius 1 is 1.30 bits per heavy atom. The van der Waals surface area contributed by atoms with Crippen molar-refractivity contribution in [1.82, 2.24) is 5.32 Å². The van der Waals surface area contributed by atoms with Gasteiger partial charge in [0.25, 0.3) is 0 Å². The van der Waals surface area contributed by atoms with Crippen LogP contribution in [0.15, 0.2) is 59.9 Å². The van der Waals surface area contributed by atoms with Gasteiger partial charge in [0.15, 0.2) is 11.5 Å². The highest BCUT2D eigenvalue weighted by Crippen LogP contribution is 2.28. The predicted octanol–water partition coefficient (Wildman–Crippen LogP) is 4.56. The van der Waals surface area contributed by atoms with E-state index in [4.69, 9.17) is 15.2 Å². The molecular weight excluding hydrogens is 338 g/mol. The molecule has 0 aliphatic rings. The number of aliphatic imine (C=N–C) groups is 1. The van der Waals surface area contributed by atoms with E-state index >= 15 is 0 Å². The fourth-order valence-electron chi connectivity index (χ4n) is 2.08. The van der Waals surface area contributed by atoms with Crippen LogP contribution in [0.25, 0.3) is 0 Å². The summed E-state index contributed by atoms with van der Waals surface area (Å²) in [7, 11) is 1.62. The maximum Gasteiger partial charge on any atom is 0.218 e. The summed E-state index contributed by atoms with van der Waals surface area (Å²) in [6.07, 6.45) is 4.25. The molecular formula is C22H33N3O2. The molecule has 27 heavy (non-hydrogen) atoms. The van der Waals surface area contributed by atoms with Crippen molar-refractivity contribution in [3.8, 4) is 11.5 Å². The molecule has 0 bridgehead atoms. The molecule has 0 radical (unpaired) electrons. The molecule has 0 aliphatic heterocycles. The molecule has 1 rings (SSSR count). The van der Waals surface area contributed by atoms with E-state index in [1.54, 1.807) is 13.3 Å². The van der Waals surface area contributed by atoms with E-state index < -0.39 is 0 Å². The standard InChI is InChI=1S/C22H33N3O2/c1-8-21(25-14-16(2)17(3)23)27-19-10-9-18(13-20(19)26-7)15-24-12-11-22(4,5)6/h8-10,13-14,24H,1,3,11-12,15,23H2,2,4-7H3/b16-14+,25-21?. The minimum atomic E-state index is 0.325. The van der Waals surface area contributed by atoms with Crippen molar-refractivity contribution >= 4 is 5.90 Å². The molecule has 5 nitrogen and oxygen atoms in total. The van der Waals surface area contributed by atoms with Crippen LogP contribution < -0.4 is 20.5 Å². The fourth-order valence-corrected chi connectivity index (χ4v) is 2.08. The summed E-state index contributed by atoms with van der Waals surface area (Å²) < 4.78 is 11.3. The average molecular weight is 372 g/mol. The van der Waals surface area contributed by atoms with Crippen LogP contribution in [0.5, 0.6) is 11.5 Å². The van der Waals surface area contributed by atoms with Gasteiger partial charge in [-0.1, -0.05) is 40.0 Å². The molecule has 0 aromatic heterocycles. The highest BCUT2D eigenvalue weighted by Gasteiger charge is 2.10. The lowest BCUT2D eigenvalue weighted by molar-refractivity contribution is 0.366. The molecule has 5 heteroatoms. The Labute approximate surface area is 163 Å². The first-order valence-corrected chi connectivity index (χ1v) is 9.03. The lowest BCUT2D eigenvalue weighted by Gasteiger charge is -2.18. The average Bonchev–Trinajstić information content (AvgIpc) is 2.61. The third-order valence-electron chi connectivity index (χ3n) is 3.89. The van der Waals surface area contributed by atoms with E-state index in [2.05, 4.69) is 44.2 Å². The predicted molar refractivity (Wildman–Crippen MR) is 114 cm³/mol. The van der Waals surface area contributed by atoms with E-state index in [0.717, 1.165) is 30.6 Å². The van der Waals surface area contributed by atoms with E-state index in [9.17, 15) is 0 Å². The van der Waals surface area contributed by atoms with Crippen LogP contribution in [-0.4, -0.2) is 19.6 Å². The summed E-state index contributed by atoms with van der Waals surface area (Å²) in [6.45, 7) is 17.7. The largest absolute Gasteiger partial charge is 0.493 e. The van der Waals surface area contributed by atoms with E-state index in [0.29, 0.717) is 28.5 Å². The summed E-state index contributed by atoms with van der Waals surface area (Å²) in [4.78, 5) is 4.25. The maximum absolute atomic E-state index is 5.81. The van der Waals surface area contributed by atoms with Crippen molar-refractivity contribution in [2.24, 2.45) is 16.1 Å². The number of benzene rings is 1. The third kappa shape index (κ3) is 8.60. The lowest BCUT2D eigenvalue weighted by atomic mass is 9.92. The lowest BCUT2D eigenvalue weighted by Crippen LogP contribution is -2.20. The second-order valence-electron chi connectivity index (χ2n) is 7.58. The molecule has 1 aromatic carbocycles. The maximum atomic E-state index is 5.81. The van der Waals surface area contributed by atoms with Gasteiger partial charge < -0.3 is 20.5 Å². The van der Waals surface area contributed by atoms with Crippen molar-refractivity contribution in [1.29, 1.82) is 0 Å². The first kappa shape index (κ1) is 22.5. The number of nitrogens with two attached hydrogens (primary N) is 1. The Hall–Kier alpha value is -2.53. The number of rotatable bonds is 9. The Morgan fingerprint density at radius 3 is 2.56 bits per heavy atom. The van der Waals surface area contributed by atoms with Crippen molar-refractivity contribution in [3.05, 3.63) is 60.5 Å². The summed E-state index contributed by atoms with van der Waals surface area (Å²) >= 11 is 0. The number of hydrogen-bond acceptors (Lipinski definition) is 5. The third-order valence-corrected chi connectivity index (χ3v) is 3.89. The fraction of sp³-hybridized carbons (Fsp3) is 0.409. The normalized spacial score (nSPS) is 12.6. The zero-order chi connectivity index (χ0) is 20.4. The van der Waals surface area contributed by atoms with Gasteiger partial charge in [-0.05, 0) is 54.6 Å². The molecule has 0 atom stereocenters. The molecule has 0 saturated heterocycles. The first-order chi connectivity index (χ1) is 12.7. The molecule has 1 aromatic rings. The van der Waals surface area contributed by atoms with Crippen molar-refractivity contribution in [2.45, 2.75) is 40.7 Å². The van der Waals surface area contributed by atoms with Gasteiger partial charge in [-0.3, -0.25) is 0 Å². The molecule has 148 valence electrons. The monoisotopic (exact) mass is 371 g/mol. The van der Waals surface area contributed by atoms with Crippen LogP contribution in [0.1, 0.15) is 39.7 Å². The van der Waals surface area contributed by atoms with Gasteiger partial charge in [0, 0.05) is 18.4 Å². The van der Waals surface area contributed by atoms with Crippen LogP contribution >= 0.6 is 0 Å². The number of hydrogen-bond donors (Lipinski definition) is 2. The molecule has 0 aliphatic carbocycles. The van der Waals surface area contributed by atoms with E-state index in [-0.39, 0.29) is 0 Å². The zero-order valence-corrected chi connectivity index (χ0v) is 17.3. The Bertz CT molecular complexity index is 713. The first-order valence-electron chi connectivity index (χ1n) is 9.03.